The summed E-state index contributed by atoms with van der Waals surface area (Å²) in [5, 5.41) is 11.8. The lowest BCUT2D eigenvalue weighted by molar-refractivity contribution is 0.122. The predicted molar refractivity (Wildman–Crippen MR) is 124 cm³/mol. The fraction of sp³-hybridized carbons (Fsp3) is 0.200. The lowest BCUT2D eigenvalue weighted by Gasteiger charge is -2.29. The second-order valence-electron chi connectivity index (χ2n) is 8.06. The molecule has 0 radical (unpaired) electrons. The third-order valence-corrected chi connectivity index (χ3v) is 6.09. The normalized spacial score (nSPS) is 15.2. The third kappa shape index (κ3) is 3.55. The number of ether oxygens (including phenoxy) is 1. The van der Waals surface area contributed by atoms with Crippen LogP contribution in [-0.2, 0) is 4.74 Å². The van der Waals surface area contributed by atoms with Crippen LogP contribution in [0.2, 0.25) is 0 Å². The molecule has 8 nitrogen and oxygen atoms in total. The smallest absolute Gasteiger partial charge is 0.176 e. The number of anilines is 1. The Balaban J connectivity index is 1.42. The third-order valence-electron chi connectivity index (χ3n) is 6.09. The summed E-state index contributed by atoms with van der Waals surface area (Å²) in [5.41, 5.74) is 4.24. The van der Waals surface area contributed by atoms with Gasteiger partial charge in [0.2, 0.25) is 0 Å². The summed E-state index contributed by atoms with van der Waals surface area (Å²) in [6, 6.07) is 12.0. The van der Waals surface area contributed by atoms with Gasteiger partial charge in [-0.05, 0) is 35.9 Å². The average Bonchev–Trinajstić information content (AvgIpc) is 3.38. The molecule has 0 aliphatic carbocycles. The van der Waals surface area contributed by atoms with Gasteiger partial charge in [-0.3, -0.25) is 0 Å². The van der Waals surface area contributed by atoms with Crippen molar-refractivity contribution in [3.8, 4) is 11.3 Å². The quantitative estimate of drug-likeness (QED) is 0.434. The van der Waals surface area contributed by atoms with E-state index in [9.17, 15) is 5.11 Å². The van der Waals surface area contributed by atoms with Crippen LogP contribution in [0.5, 0.6) is 0 Å². The largest absolute Gasteiger partial charge is 0.461 e. The van der Waals surface area contributed by atoms with Gasteiger partial charge in [0.25, 0.3) is 0 Å². The fourth-order valence-corrected chi connectivity index (χ4v) is 4.33. The summed E-state index contributed by atoms with van der Waals surface area (Å²) in [5.74, 6) is -0.445. The Bertz CT molecular complexity index is 1500. The highest BCUT2D eigenvalue weighted by Gasteiger charge is 2.21. The highest BCUT2D eigenvalue weighted by molar-refractivity contribution is 5.94. The van der Waals surface area contributed by atoms with E-state index >= 15 is 4.39 Å². The minimum atomic E-state index is -1.13. The zero-order chi connectivity index (χ0) is 23.1. The number of benzene rings is 2. The van der Waals surface area contributed by atoms with Crippen LogP contribution in [0.4, 0.5) is 10.1 Å². The Kier molecular flexibility index (Phi) is 5.12. The van der Waals surface area contributed by atoms with Gasteiger partial charge in [-0.2, -0.15) is 0 Å². The van der Waals surface area contributed by atoms with Gasteiger partial charge in [-0.15, -0.1) is 0 Å². The van der Waals surface area contributed by atoms with Crippen molar-refractivity contribution in [1.29, 1.82) is 0 Å². The van der Waals surface area contributed by atoms with Gasteiger partial charge >= 0.3 is 0 Å². The van der Waals surface area contributed by atoms with Crippen molar-refractivity contribution in [3.63, 3.8) is 0 Å². The first-order valence-electron chi connectivity index (χ1n) is 10.9. The van der Waals surface area contributed by atoms with Crippen molar-refractivity contribution in [2.75, 3.05) is 31.2 Å². The molecule has 1 aliphatic heterocycles. The molecule has 9 heteroatoms. The number of aromatic nitrogens is 4. The molecule has 1 fully saturated rings. The number of nitrogens with zero attached hydrogens (tertiary/aromatic N) is 5. The second kappa shape index (κ2) is 8.44. The molecule has 0 bridgehead atoms. The van der Waals surface area contributed by atoms with Crippen LogP contribution in [0.3, 0.4) is 0 Å². The fourth-order valence-electron chi connectivity index (χ4n) is 4.33. The summed E-state index contributed by atoms with van der Waals surface area (Å²) >= 11 is 0. The zero-order valence-corrected chi connectivity index (χ0v) is 18.1. The molecule has 0 spiro atoms. The minimum absolute atomic E-state index is 0.271. The maximum Gasteiger partial charge on any atom is 0.176 e. The molecular weight excluding hydrogens is 437 g/mol. The summed E-state index contributed by atoms with van der Waals surface area (Å²) in [6.45, 7) is 2.99. The number of hydrogen-bond donors (Lipinski definition) is 1. The predicted octanol–water partition coefficient (Wildman–Crippen LogP) is 3.89. The number of fused-ring (bicyclic) bond motifs is 2. The molecule has 34 heavy (non-hydrogen) atoms. The van der Waals surface area contributed by atoms with E-state index in [4.69, 9.17) is 9.15 Å². The standard InChI is InChI=1S/C25H20FN5O3/c26-19-4-1-15(24(32)23-25-20(5-8-34-25)27-13-30-23)11-18(19)22-17-3-2-16(12-21(17)28-14-29-22)31-6-9-33-10-7-31/h1-5,8,11-14,24,32H,6-7,9-10H2. The number of aliphatic hydroxyl groups excluding tert-OH is 1. The molecule has 6 rings (SSSR count). The maximum absolute atomic E-state index is 15.0. The van der Waals surface area contributed by atoms with Crippen LogP contribution in [0.25, 0.3) is 33.3 Å². The van der Waals surface area contributed by atoms with Gasteiger partial charge in [0.15, 0.2) is 5.58 Å². The number of furan rings is 1. The second-order valence-corrected chi connectivity index (χ2v) is 8.06. The number of morpholine rings is 1. The molecular formula is C25H20FN5O3. The molecule has 1 atom stereocenters. The first-order chi connectivity index (χ1) is 16.7. The number of halogens is 1. The Morgan fingerprint density at radius 2 is 1.74 bits per heavy atom. The van der Waals surface area contributed by atoms with Crippen LogP contribution in [0, 0.1) is 5.82 Å². The van der Waals surface area contributed by atoms with Crippen LogP contribution >= 0.6 is 0 Å². The first kappa shape index (κ1) is 20.6. The Hall–Kier alpha value is -3.95. The van der Waals surface area contributed by atoms with Gasteiger partial charge in [0, 0.05) is 35.8 Å². The van der Waals surface area contributed by atoms with Gasteiger partial charge < -0.3 is 19.2 Å². The van der Waals surface area contributed by atoms with Gasteiger partial charge in [0.1, 0.15) is 35.8 Å². The van der Waals surface area contributed by atoms with Gasteiger partial charge in [0.05, 0.1) is 30.7 Å². The molecule has 5 aromatic rings. The molecule has 0 saturated carbocycles. The number of hydrogen-bond acceptors (Lipinski definition) is 8. The van der Waals surface area contributed by atoms with E-state index in [1.165, 1.54) is 31.1 Å². The van der Waals surface area contributed by atoms with E-state index in [1.807, 2.05) is 18.2 Å². The van der Waals surface area contributed by atoms with Crippen LogP contribution in [-0.4, -0.2) is 51.3 Å². The monoisotopic (exact) mass is 457 g/mol. The van der Waals surface area contributed by atoms with Crippen molar-refractivity contribution in [2.45, 2.75) is 6.10 Å². The molecule has 2 aromatic carbocycles. The lowest BCUT2D eigenvalue weighted by Crippen LogP contribution is -2.36. The van der Waals surface area contributed by atoms with Crippen molar-refractivity contribution >= 4 is 27.7 Å². The molecule has 1 unspecified atom stereocenters. The zero-order valence-electron chi connectivity index (χ0n) is 18.1. The molecule has 3 aromatic heterocycles. The van der Waals surface area contributed by atoms with Crippen molar-refractivity contribution < 1.29 is 18.7 Å². The van der Waals surface area contributed by atoms with E-state index in [2.05, 4.69) is 24.8 Å². The van der Waals surface area contributed by atoms with Crippen molar-refractivity contribution in [2.24, 2.45) is 0 Å². The van der Waals surface area contributed by atoms with E-state index < -0.39 is 11.9 Å². The van der Waals surface area contributed by atoms with E-state index in [-0.39, 0.29) is 5.56 Å². The van der Waals surface area contributed by atoms with Gasteiger partial charge in [-0.1, -0.05) is 6.07 Å². The molecule has 1 saturated heterocycles. The van der Waals surface area contributed by atoms with E-state index in [0.717, 1.165) is 24.2 Å². The van der Waals surface area contributed by atoms with Gasteiger partial charge in [-0.25, -0.2) is 24.3 Å². The molecule has 170 valence electrons. The van der Waals surface area contributed by atoms with Crippen molar-refractivity contribution in [3.05, 3.63) is 78.5 Å². The highest BCUT2D eigenvalue weighted by Crippen LogP contribution is 2.34. The Morgan fingerprint density at radius 3 is 2.62 bits per heavy atom. The average molecular weight is 457 g/mol. The summed E-state index contributed by atoms with van der Waals surface area (Å²) < 4.78 is 25.9. The van der Waals surface area contributed by atoms with E-state index in [1.54, 1.807) is 12.1 Å². The first-order valence-corrected chi connectivity index (χ1v) is 10.9. The highest BCUT2D eigenvalue weighted by atomic mass is 19.1. The minimum Gasteiger partial charge on any atom is -0.461 e. The molecule has 1 N–H and O–H groups in total. The maximum atomic E-state index is 15.0. The molecule has 4 heterocycles. The number of aliphatic hydroxyl groups is 1. The van der Waals surface area contributed by atoms with Crippen LogP contribution < -0.4 is 4.90 Å². The SMILES string of the molecule is OC(c1ccc(F)c(-c2ncnc3cc(N4CCOCC4)ccc23)c1)c1ncnc2ccoc12. The summed E-state index contributed by atoms with van der Waals surface area (Å²) in [4.78, 5) is 19.4. The van der Waals surface area contributed by atoms with E-state index in [0.29, 0.717) is 46.8 Å². The Labute approximate surface area is 193 Å². The van der Waals surface area contributed by atoms with Crippen LogP contribution in [0.15, 0.2) is 65.8 Å². The van der Waals surface area contributed by atoms with Crippen molar-refractivity contribution in [1.82, 2.24) is 19.9 Å². The summed E-state index contributed by atoms with van der Waals surface area (Å²) in [7, 11) is 0. The summed E-state index contributed by atoms with van der Waals surface area (Å²) in [6.07, 6.45) is 3.16. The molecule has 1 aliphatic rings. The lowest BCUT2D eigenvalue weighted by atomic mass is 9.99. The topological polar surface area (TPSA) is 97.4 Å². The number of rotatable bonds is 4. The molecule has 0 amide bonds. The van der Waals surface area contributed by atoms with Crippen LogP contribution in [0.1, 0.15) is 17.4 Å². The Morgan fingerprint density at radius 1 is 0.912 bits per heavy atom.